The van der Waals surface area contributed by atoms with Crippen LogP contribution in [0.1, 0.15) is 41.4 Å². The maximum atomic E-state index is 13.3. The van der Waals surface area contributed by atoms with E-state index >= 15 is 0 Å². The molecule has 2 aromatic carbocycles. The highest BCUT2D eigenvalue weighted by molar-refractivity contribution is 5.95. The first-order chi connectivity index (χ1) is 19.6. The fourth-order valence-corrected chi connectivity index (χ4v) is 5.03. The molecule has 0 aliphatic carbocycles. The number of methoxy groups -OCH3 is 1. The molecule has 12 heteroatoms. The minimum atomic E-state index is -4.52. The van der Waals surface area contributed by atoms with Gasteiger partial charge in [0.05, 0.1) is 30.9 Å². The van der Waals surface area contributed by atoms with Crippen LogP contribution < -0.4 is 10.1 Å². The molecule has 2 heterocycles. The topological polar surface area (TPSA) is 91.4 Å². The third-order valence-electron chi connectivity index (χ3n) is 7.17. The zero-order chi connectivity index (χ0) is 29.7. The summed E-state index contributed by atoms with van der Waals surface area (Å²) in [4.78, 5) is 44.7. The monoisotopic (exact) mass is 574 g/mol. The molecule has 2 aromatic rings. The summed E-state index contributed by atoms with van der Waals surface area (Å²) in [5.41, 5.74) is 0.610. The molecule has 4 rings (SSSR count). The fraction of sp³-hybridized carbons (Fsp3) is 0.414. The molecule has 0 unspecified atom stereocenters. The number of carbonyl (C=O) groups excluding carboxylic acids is 3. The molecule has 9 nitrogen and oxygen atoms in total. The number of esters is 1. The van der Waals surface area contributed by atoms with Gasteiger partial charge in [0.1, 0.15) is 5.75 Å². The van der Waals surface area contributed by atoms with Crippen LogP contribution in [0.25, 0.3) is 0 Å². The molecular weight excluding hydrogens is 541 g/mol. The molecular formula is C29H33F3N4O5. The van der Waals surface area contributed by atoms with E-state index in [0.717, 1.165) is 12.1 Å². The molecule has 1 atom stereocenters. The number of alkyl halides is 3. The summed E-state index contributed by atoms with van der Waals surface area (Å²) in [5, 5.41) is 2.76. The van der Waals surface area contributed by atoms with Crippen LogP contribution in [0.4, 0.5) is 18.0 Å². The summed E-state index contributed by atoms with van der Waals surface area (Å²) in [7, 11) is 1.54. The Hall–Kier alpha value is -4.06. The number of benzene rings is 2. The van der Waals surface area contributed by atoms with Crippen LogP contribution in [-0.4, -0.2) is 85.6 Å². The predicted octanol–water partition coefficient (Wildman–Crippen LogP) is 4.08. The summed E-state index contributed by atoms with van der Waals surface area (Å²) in [6.45, 7) is 5.82. The highest BCUT2D eigenvalue weighted by Gasteiger charge is 2.39. The van der Waals surface area contributed by atoms with Gasteiger partial charge < -0.3 is 19.7 Å². The van der Waals surface area contributed by atoms with E-state index < -0.39 is 29.8 Å². The van der Waals surface area contributed by atoms with Gasteiger partial charge in [-0.15, -0.1) is 0 Å². The molecule has 1 fully saturated rings. The Morgan fingerprint density at radius 3 is 2.29 bits per heavy atom. The van der Waals surface area contributed by atoms with Crippen LogP contribution >= 0.6 is 0 Å². The van der Waals surface area contributed by atoms with Gasteiger partial charge in [-0.1, -0.05) is 18.2 Å². The summed E-state index contributed by atoms with van der Waals surface area (Å²) in [6, 6.07) is 9.85. The van der Waals surface area contributed by atoms with E-state index in [0.29, 0.717) is 48.8 Å². The number of amides is 3. The van der Waals surface area contributed by atoms with Crippen molar-refractivity contribution in [3.8, 4) is 5.75 Å². The fourth-order valence-electron chi connectivity index (χ4n) is 5.03. The van der Waals surface area contributed by atoms with Crippen molar-refractivity contribution in [1.29, 1.82) is 0 Å². The van der Waals surface area contributed by atoms with Gasteiger partial charge in [0.15, 0.2) is 0 Å². The number of halogens is 3. The second kappa shape index (κ2) is 12.6. The van der Waals surface area contributed by atoms with Gasteiger partial charge >= 0.3 is 18.2 Å². The third kappa shape index (κ3) is 6.64. The van der Waals surface area contributed by atoms with Crippen LogP contribution in [0.3, 0.4) is 0 Å². The lowest BCUT2D eigenvalue weighted by Gasteiger charge is -2.40. The SMILES string of the molecule is CCOC(=O)C1=C(CN2CCN(C(=O)c3cccc(OC)c3)CC2)N(CC)C(=O)N[C@@H]1c1ccc(C(F)(F)F)cc1. The Morgan fingerprint density at radius 1 is 1.02 bits per heavy atom. The number of piperazine rings is 1. The number of ether oxygens (including phenoxy) is 2. The number of carbonyl (C=O) groups is 3. The van der Waals surface area contributed by atoms with E-state index in [1.54, 1.807) is 43.0 Å². The molecule has 0 saturated carbocycles. The zero-order valence-electron chi connectivity index (χ0n) is 23.2. The highest BCUT2D eigenvalue weighted by atomic mass is 19.4. The Labute approximate surface area is 236 Å². The van der Waals surface area contributed by atoms with Crippen molar-refractivity contribution in [3.63, 3.8) is 0 Å². The Balaban J connectivity index is 1.60. The van der Waals surface area contributed by atoms with Crippen molar-refractivity contribution in [3.05, 3.63) is 76.5 Å². The lowest BCUT2D eigenvalue weighted by molar-refractivity contribution is -0.139. The van der Waals surface area contributed by atoms with Gasteiger partial charge in [-0.2, -0.15) is 13.2 Å². The largest absolute Gasteiger partial charge is 0.497 e. The number of nitrogens with one attached hydrogen (secondary N) is 1. The number of hydrogen-bond acceptors (Lipinski definition) is 6. The summed E-state index contributed by atoms with van der Waals surface area (Å²) < 4.78 is 50.0. The maximum Gasteiger partial charge on any atom is 0.416 e. The zero-order valence-corrected chi connectivity index (χ0v) is 23.2. The van der Waals surface area contributed by atoms with Crippen molar-refractivity contribution in [2.45, 2.75) is 26.1 Å². The molecule has 0 bridgehead atoms. The van der Waals surface area contributed by atoms with E-state index in [1.807, 2.05) is 4.90 Å². The molecule has 220 valence electrons. The van der Waals surface area contributed by atoms with Gasteiger partial charge in [0.2, 0.25) is 0 Å². The Kier molecular flexibility index (Phi) is 9.21. The highest BCUT2D eigenvalue weighted by Crippen LogP contribution is 2.35. The molecule has 1 saturated heterocycles. The van der Waals surface area contributed by atoms with Crippen molar-refractivity contribution >= 4 is 17.9 Å². The molecule has 0 aromatic heterocycles. The summed E-state index contributed by atoms with van der Waals surface area (Å²) >= 11 is 0. The molecule has 0 spiro atoms. The first-order valence-corrected chi connectivity index (χ1v) is 13.4. The van der Waals surface area contributed by atoms with E-state index in [1.165, 1.54) is 24.1 Å². The van der Waals surface area contributed by atoms with Crippen molar-refractivity contribution in [1.82, 2.24) is 20.0 Å². The molecule has 0 radical (unpaired) electrons. The summed E-state index contributed by atoms with van der Waals surface area (Å²) in [6.07, 6.45) is -4.52. The number of rotatable bonds is 8. The lowest BCUT2D eigenvalue weighted by Crippen LogP contribution is -2.53. The standard InChI is InChI=1S/C29H33F3N4O5/c1-4-36-23(18-34-13-15-35(16-14-34)26(37)20-7-6-8-22(17-20)40-3)24(27(38)41-5-2)25(33-28(36)39)19-9-11-21(12-10-19)29(30,31)32/h6-12,17,25H,4-5,13-16,18H2,1-3H3,(H,33,39)/t25-/m1/s1. The number of hydrogen-bond donors (Lipinski definition) is 1. The van der Waals surface area contributed by atoms with Crippen LogP contribution in [0.2, 0.25) is 0 Å². The van der Waals surface area contributed by atoms with E-state index in [-0.39, 0.29) is 31.2 Å². The van der Waals surface area contributed by atoms with E-state index in [9.17, 15) is 27.6 Å². The number of likely N-dealkylation sites (N-methyl/N-ethyl adjacent to an activating group) is 1. The third-order valence-corrected chi connectivity index (χ3v) is 7.17. The number of urea groups is 1. The minimum Gasteiger partial charge on any atom is -0.497 e. The second-order valence-electron chi connectivity index (χ2n) is 9.63. The predicted molar refractivity (Wildman–Crippen MR) is 144 cm³/mol. The average molecular weight is 575 g/mol. The summed E-state index contributed by atoms with van der Waals surface area (Å²) in [5.74, 6) is -0.187. The Morgan fingerprint density at radius 2 is 1.71 bits per heavy atom. The molecule has 1 N–H and O–H groups in total. The van der Waals surface area contributed by atoms with Crippen molar-refractivity contribution in [2.75, 3.05) is 53.0 Å². The van der Waals surface area contributed by atoms with Crippen LogP contribution in [0.5, 0.6) is 5.75 Å². The van der Waals surface area contributed by atoms with Gasteiger partial charge in [0.25, 0.3) is 5.91 Å². The van der Waals surface area contributed by atoms with Crippen LogP contribution in [0, 0.1) is 0 Å². The molecule has 2 aliphatic heterocycles. The lowest BCUT2D eigenvalue weighted by atomic mass is 9.93. The van der Waals surface area contributed by atoms with Gasteiger partial charge in [-0.3, -0.25) is 14.6 Å². The average Bonchev–Trinajstić information content (AvgIpc) is 2.96. The quantitative estimate of drug-likeness (QED) is 0.478. The Bertz CT molecular complexity index is 1300. The van der Waals surface area contributed by atoms with Gasteiger partial charge in [-0.05, 0) is 49.7 Å². The number of nitrogens with zero attached hydrogens (tertiary/aromatic N) is 3. The van der Waals surface area contributed by atoms with Crippen LogP contribution in [0.15, 0.2) is 59.8 Å². The minimum absolute atomic E-state index is 0.0838. The maximum absolute atomic E-state index is 13.3. The normalized spacial score (nSPS) is 18.3. The van der Waals surface area contributed by atoms with E-state index in [4.69, 9.17) is 9.47 Å². The van der Waals surface area contributed by atoms with E-state index in [2.05, 4.69) is 5.32 Å². The first-order valence-electron chi connectivity index (χ1n) is 13.4. The molecule has 2 aliphatic rings. The van der Waals surface area contributed by atoms with Gasteiger partial charge in [-0.25, -0.2) is 9.59 Å². The van der Waals surface area contributed by atoms with Crippen molar-refractivity contribution in [2.24, 2.45) is 0 Å². The second-order valence-corrected chi connectivity index (χ2v) is 9.63. The van der Waals surface area contributed by atoms with Crippen LogP contribution in [-0.2, 0) is 15.7 Å². The smallest absolute Gasteiger partial charge is 0.416 e. The molecule has 3 amide bonds. The first kappa shape index (κ1) is 29.9. The van der Waals surface area contributed by atoms with Crippen molar-refractivity contribution < 1.29 is 37.0 Å². The molecule has 41 heavy (non-hydrogen) atoms. The van der Waals surface area contributed by atoms with Gasteiger partial charge in [0, 0.05) is 50.5 Å².